The number of aromatic nitrogens is 4. The molecule has 15 heteroatoms. The first-order valence-electron chi connectivity index (χ1n) is 21.1. The Kier molecular flexibility index (Phi) is 10.4. The Morgan fingerprint density at radius 2 is 1.70 bits per heavy atom. The number of carbonyl (C=O) groups is 3. The summed E-state index contributed by atoms with van der Waals surface area (Å²) < 4.78 is 33.8. The molecule has 1 saturated carbocycles. The Balaban J connectivity index is 0.766. The second-order valence-electron chi connectivity index (χ2n) is 17.8. The summed E-state index contributed by atoms with van der Waals surface area (Å²) in [5.74, 6) is -2.14. The number of amides is 3. The van der Waals surface area contributed by atoms with E-state index >= 15 is 8.78 Å². The number of carbonyl (C=O) groups excluding carboxylic acids is 3. The van der Waals surface area contributed by atoms with E-state index in [0.29, 0.717) is 51.5 Å². The normalized spacial score (nSPS) is 22.2. The van der Waals surface area contributed by atoms with Crippen LogP contribution in [-0.4, -0.2) is 79.8 Å². The van der Waals surface area contributed by atoms with Crippen LogP contribution in [0, 0.1) is 40.7 Å². The molecule has 60 heavy (non-hydrogen) atoms. The number of fused-ring (bicyclic) bond motifs is 2. The molecule has 13 nitrogen and oxygen atoms in total. The van der Waals surface area contributed by atoms with Crippen LogP contribution in [0.25, 0.3) is 16.4 Å². The summed E-state index contributed by atoms with van der Waals surface area (Å²) in [6.45, 7) is 7.90. The van der Waals surface area contributed by atoms with E-state index in [2.05, 4.69) is 31.4 Å². The van der Waals surface area contributed by atoms with Crippen molar-refractivity contribution in [2.75, 3.05) is 42.9 Å². The number of anilines is 2. The highest BCUT2D eigenvalue weighted by molar-refractivity contribution is 6.05. The van der Waals surface area contributed by atoms with Gasteiger partial charge in [-0.05, 0) is 126 Å². The number of hydrogen-bond donors (Lipinski definition) is 3. The number of halogens is 2. The molecule has 4 fully saturated rings. The molecule has 0 spiro atoms. The van der Waals surface area contributed by atoms with Gasteiger partial charge in [0.15, 0.2) is 0 Å². The third-order valence-corrected chi connectivity index (χ3v) is 13.3. The number of aliphatic hydroxyl groups is 1. The zero-order chi connectivity index (χ0) is 41.9. The highest BCUT2D eigenvalue weighted by Crippen LogP contribution is 2.41. The number of benzene rings is 2. The summed E-state index contributed by atoms with van der Waals surface area (Å²) in [5.41, 5.74) is 2.15. The van der Waals surface area contributed by atoms with Gasteiger partial charge >= 0.3 is 0 Å². The molecule has 4 aliphatic rings. The molecule has 2 aromatic carbocycles. The minimum Gasteiger partial charge on any atom is -0.386 e. The van der Waals surface area contributed by atoms with Crippen molar-refractivity contribution in [1.82, 2.24) is 29.6 Å². The minimum atomic E-state index is -1.25. The Morgan fingerprint density at radius 3 is 2.38 bits per heavy atom. The van der Waals surface area contributed by atoms with Gasteiger partial charge in [0, 0.05) is 66.1 Å². The summed E-state index contributed by atoms with van der Waals surface area (Å²) in [6.07, 6.45) is 10.3. The zero-order valence-corrected chi connectivity index (χ0v) is 33.8. The van der Waals surface area contributed by atoms with Crippen LogP contribution in [-0.2, 0) is 15.2 Å². The molecule has 0 radical (unpaired) electrons. The lowest BCUT2D eigenvalue weighted by Crippen LogP contribution is -2.52. The first kappa shape index (κ1) is 39.7. The standard InChI is InChI=1S/C45H49F2N9O4/c1-45(2,60)35-19-38-30(16-39(35)50-44(59)40-9-7-32-15-26(20-48)21-49-56(32)40)25-55(52-38)31-5-3-28(4-6-31)29-11-13-53(14-12-29)22-27-23-54(24-27)33-17-36(46)42(37(47)18-33)34-8-10-41(57)51-43(34)58/h7,9,15-19,21,25,27-29,31,34,60H,3-6,8,10-14,22-24H2,1-2H3,(H,50,59)(H,51,57,58)/t28-,31-,34-/m1/s1. The number of nitrogens with one attached hydrogen (secondary N) is 2. The molecule has 1 atom stereocenters. The number of nitrogens with zero attached hydrogens (tertiary/aromatic N) is 7. The quantitative estimate of drug-likeness (QED) is 0.143. The van der Waals surface area contributed by atoms with E-state index in [-0.39, 0.29) is 30.4 Å². The molecular formula is C45H49F2N9O4. The van der Waals surface area contributed by atoms with Crippen LogP contribution in [0.15, 0.2) is 54.9 Å². The second-order valence-corrected chi connectivity index (χ2v) is 17.8. The second kappa shape index (κ2) is 15.7. The van der Waals surface area contributed by atoms with Gasteiger partial charge in [-0.2, -0.15) is 15.5 Å². The summed E-state index contributed by atoms with van der Waals surface area (Å²) in [4.78, 5) is 41.8. The van der Waals surface area contributed by atoms with Crippen molar-refractivity contribution in [2.45, 2.75) is 82.8 Å². The Morgan fingerprint density at radius 1 is 0.983 bits per heavy atom. The maximum Gasteiger partial charge on any atom is 0.274 e. The van der Waals surface area contributed by atoms with E-state index in [1.165, 1.54) is 35.7 Å². The minimum absolute atomic E-state index is 0.0639. The van der Waals surface area contributed by atoms with Crippen molar-refractivity contribution >= 4 is 45.5 Å². The summed E-state index contributed by atoms with van der Waals surface area (Å²) in [6, 6.07) is 13.8. The number of hydrogen-bond acceptors (Lipinski definition) is 9. The molecule has 312 valence electrons. The zero-order valence-electron chi connectivity index (χ0n) is 33.8. The van der Waals surface area contributed by atoms with Gasteiger partial charge in [-0.3, -0.25) is 24.4 Å². The van der Waals surface area contributed by atoms with Crippen molar-refractivity contribution in [3.8, 4) is 6.07 Å². The predicted molar refractivity (Wildman–Crippen MR) is 220 cm³/mol. The maximum absolute atomic E-state index is 15.1. The Labute approximate surface area is 346 Å². The topological polar surface area (TPSA) is 161 Å². The highest BCUT2D eigenvalue weighted by Gasteiger charge is 2.36. The molecule has 3 saturated heterocycles. The largest absolute Gasteiger partial charge is 0.386 e. The fourth-order valence-electron chi connectivity index (χ4n) is 10.1. The molecule has 0 unspecified atom stereocenters. The molecule has 0 bridgehead atoms. The van der Waals surface area contributed by atoms with Gasteiger partial charge in [0.1, 0.15) is 23.4 Å². The maximum atomic E-state index is 15.1. The van der Waals surface area contributed by atoms with Gasteiger partial charge in [0.05, 0.1) is 40.4 Å². The van der Waals surface area contributed by atoms with Crippen LogP contribution in [0.1, 0.15) is 104 Å². The lowest BCUT2D eigenvalue weighted by atomic mass is 9.74. The molecule has 5 aromatic rings. The van der Waals surface area contributed by atoms with Crippen LogP contribution in [0.2, 0.25) is 0 Å². The first-order chi connectivity index (χ1) is 28.8. The van der Waals surface area contributed by atoms with E-state index < -0.39 is 35.0 Å². The fraction of sp³-hybridized carbons (Fsp3) is 0.467. The lowest BCUT2D eigenvalue weighted by Gasteiger charge is -2.45. The van der Waals surface area contributed by atoms with Crippen molar-refractivity contribution in [1.29, 1.82) is 5.26 Å². The number of imide groups is 1. The average molecular weight is 818 g/mol. The van der Waals surface area contributed by atoms with Gasteiger partial charge in [0.25, 0.3) is 5.91 Å². The molecule has 1 aliphatic carbocycles. The van der Waals surface area contributed by atoms with E-state index in [9.17, 15) is 24.8 Å². The third kappa shape index (κ3) is 7.74. The number of nitriles is 1. The lowest BCUT2D eigenvalue weighted by molar-refractivity contribution is -0.134. The number of piperidine rings is 2. The molecule has 3 N–H and O–H groups in total. The number of likely N-dealkylation sites (tertiary alicyclic amines) is 1. The molecular weight excluding hydrogens is 769 g/mol. The monoisotopic (exact) mass is 817 g/mol. The van der Waals surface area contributed by atoms with Crippen molar-refractivity contribution in [3.63, 3.8) is 0 Å². The van der Waals surface area contributed by atoms with Gasteiger partial charge in [-0.15, -0.1) is 0 Å². The fourth-order valence-corrected chi connectivity index (χ4v) is 10.1. The van der Waals surface area contributed by atoms with Crippen LogP contribution >= 0.6 is 0 Å². The van der Waals surface area contributed by atoms with Crippen molar-refractivity contribution in [2.24, 2.45) is 17.8 Å². The molecule has 3 amide bonds. The Bertz CT molecular complexity index is 2510. The van der Waals surface area contributed by atoms with Crippen molar-refractivity contribution in [3.05, 3.63) is 88.9 Å². The highest BCUT2D eigenvalue weighted by atomic mass is 19.1. The summed E-state index contributed by atoms with van der Waals surface area (Å²) >= 11 is 0. The first-order valence-corrected chi connectivity index (χ1v) is 21.1. The van der Waals surface area contributed by atoms with Crippen molar-refractivity contribution < 1.29 is 28.3 Å². The van der Waals surface area contributed by atoms with Gasteiger partial charge in [-0.25, -0.2) is 13.3 Å². The van der Waals surface area contributed by atoms with E-state index in [0.717, 1.165) is 69.3 Å². The van der Waals surface area contributed by atoms with Crippen LogP contribution in [0.4, 0.5) is 20.2 Å². The molecule has 3 aromatic heterocycles. The van der Waals surface area contributed by atoms with Gasteiger partial charge < -0.3 is 20.2 Å². The molecule has 6 heterocycles. The van der Waals surface area contributed by atoms with Gasteiger partial charge in [-0.1, -0.05) is 0 Å². The smallest absolute Gasteiger partial charge is 0.274 e. The van der Waals surface area contributed by atoms with E-state index in [4.69, 9.17) is 5.10 Å². The average Bonchev–Trinajstić information content (AvgIpc) is 3.83. The van der Waals surface area contributed by atoms with Crippen LogP contribution in [0.3, 0.4) is 0 Å². The third-order valence-electron chi connectivity index (χ3n) is 13.3. The summed E-state index contributed by atoms with van der Waals surface area (Å²) in [5, 5.41) is 35.7. The van der Waals surface area contributed by atoms with E-state index in [1.807, 2.05) is 23.2 Å². The predicted octanol–water partition coefficient (Wildman–Crippen LogP) is 6.41. The molecule has 9 rings (SSSR count). The Hall–Kier alpha value is -5.72. The van der Waals surface area contributed by atoms with E-state index in [1.54, 1.807) is 32.0 Å². The van der Waals surface area contributed by atoms with Gasteiger partial charge in [0.2, 0.25) is 11.8 Å². The summed E-state index contributed by atoms with van der Waals surface area (Å²) in [7, 11) is 0. The SMILES string of the molecule is CC(C)(O)c1cc2nn([C@H]3CC[C@H](C4CCN(CC5CN(c6cc(F)c([C@H]7CCC(=O)NC7=O)c(F)c6)C5)CC4)CC3)cc2cc1NC(=O)c1ccc2cc(C#N)cnn12. The van der Waals surface area contributed by atoms with Crippen LogP contribution < -0.4 is 15.5 Å². The van der Waals surface area contributed by atoms with Crippen LogP contribution in [0.5, 0.6) is 0 Å². The molecule has 3 aliphatic heterocycles. The number of rotatable bonds is 9.